The molecule has 0 saturated carbocycles. The fourth-order valence-electron chi connectivity index (χ4n) is 1.08. The minimum atomic E-state index is -0.957. The number of hydrogen-bond donors (Lipinski definition) is 3. The topological polar surface area (TPSA) is 79.4 Å². The molecule has 0 radical (unpaired) electrons. The van der Waals surface area contributed by atoms with E-state index in [0.29, 0.717) is 23.7 Å². The van der Waals surface area contributed by atoms with Gasteiger partial charge in [-0.25, -0.2) is 4.98 Å². The third kappa shape index (κ3) is 2.83. The lowest BCUT2D eigenvalue weighted by Gasteiger charge is -2.16. The molecule has 1 aromatic rings. The first-order chi connectivity index (χ1) is 6.65. The Kier molecular flexibility index (Phi) is 4.13. The third-order valence-electron chi connectivity index (χ3n) is 1.92. The van der Waals surface area contributed by atoms with Gasteiger partial charge in [0.15, 0.2) is 0 Å². The molecule has 1 aromatic heterocycles. The number of nitrogens with two attached hydrogens (primary N) is 1. The molecular weight excluding hydrogens is 204 g/mol. The van der Waals surface area contributed by atoms with Crippen LogP contribution in [-0.4, -0.2) is 27.2 Å². The van der Waals surface area contributed by atoms with Gasteiger partial charge in [-0.1, -0.05) is 6.07 Å². The molecule has 4 N–H and O–H groups in total. The second kappa shape index (κ2) is 5.14. The summed E-state index contributed by atoms with van der Waals surface area (Å²) in [5.41, 5.74) is 5.92. The average molecular weight is 217 g/mol. The molecule has 0 aromatic carbocycles. The van der Waals surface area contributed by atoms with Gasteiger partial charge in [0.1, 0.15) is 11.9 Å². The van der Waals surface area contributed by atoms with E-state index in [1.165, 1.54) is 6.20 Å². The first-order valence-electron chi connectivity index (χ1n) is 4.28. The molecule has 1 rings (SSSR count). The third-order valence-corrected chi connectivity index (χ3v) is 2.14. The Hall–Kier alpha value is -0.840. The zero-order valence-corrected chi connectivity index (χ0v) is 8.35. The number of rotatable bonds is 4. The lowest BCUT2D eigenvalue weighted by molar-refractivity contribution is 0.0168. The lowest BCUT2D eigenvalue weighted by Crippen LogP contribution is -2.18. The van der Waals surface area contributed by atoms with Crippen molar-refractivity contribution >= 4 is 17.4 Å². The van der Waals surface area contributed by atoms with Gasteiger partial charge in [-0.2, -0.15) is 0 Å². The van der Waals surface area contributed by atoms with Gasteiger partial charge in [0.05, 0.1) is 6.10 Å². The predicted octanol–water partition coefficient (Wildman–Crippen LogP) is 0.687. The van der Waals surface area contributed by atoms with Gasteiger partial charge in [-0.05, 0) is 12.5 Å². The summed E-state index contributed by atoms with van der Waals surface area (Å²) in [6.07, 6.45) is -0.0374. The summed E-state index contributed by atoms with van der Waals surface area (Å²) in [7, 11) is 0. The summed E-state index contributed by atoms with van der Waals surface area (Å²) in [5.74, 6) is 0.688. The van der Waals surface area contributed by atoms with E-state index in [0.717, 1.165) is 0 Å². The maximum Gasteiger partial charge on any atom is 0.123 e. The first kappa shape index (κ1) is 11.2. The number of nitrogens with zero attached hydrogens (tertiary/aromatic N) is 1. The van der Waals surface area contributed by atoms with E-state index < -0.39 is 12.2 Å². The predicted molar refractivity (Wildman–Crippen MR) is 55.0 cm³/mol. The fourth-order valence-corrected chi connectivity index (χ4v) is 1.31. The zero-order valence-electron chi connectivity index (χ0n) is 7.60. The maximum absolute atomic E-state index is 9.62. The van der Waals surface area contributed by atoms with Crippen LogP contribution in [0.4, 0.5) is 5.82 Å². The fraction of sp³-hybridized carbons (Fsp3) is 0.444. The summed E-state index contributed by atoms with van der Waals surface area (Å²) < 4.78 is 0. The van der Waals surface area contributed by atoms with Crippen molar-refractivity contribution in [3.05, 3.63) is 23.9 Å². The number of aliphatic hydroxyl groups is 2. The monoisotopic (exact) mass is 216 g/mol. The Morgan fingerprint density at radius 3 is 2.64 bits per heavy atom. The van der Waals surface area contributed by atoms with Crippen molar-refractivity contribution in [1.82, 2.24) is 4.98 Å². The van der Waals surface area contributed by atoms with E-state index in [1.807, 2.05) is 0 Å². The molecule has 1 heterocycles. The first-order valence-corrected chi connectivity index (χ1v) is 4.82. The van der Waals surface area contributed by atoms with Crippen LogP contribution in [0.5, 0.6) is 0 Å². The van der Waals surface area contributed by atoms with Crippen LogP contribution in [0.1, 0.15) is 18.1 Å². The van der Waals surface area contributed by atoms with E-state index in [4.69, 9.17) is 17.3 Å². The molecule has 14 heavy (non-hydrogen) atoms. The Morgan fingerprint density at radius 1 is 1.43 bits per heavy atom. The number of alkyl halides is 1. The summed E-state index contributed by atoms with van der Waals surface area (Å²) in [5, 5.41) is 19.1. The van der Waals surface area contributed by atoms with Gasteiger partial charge < -0.3 is 15.9 Å². The quantitative estimate of drug-likeness (QED) is 0.647. The van der Waals surface area contributed by atoms with Crippen LogP contribution in [0, 0.1) is 0 Å². The second-order valence-electron chi connectivity index (χ2n) is 3.01. The van der Waals surface area contributed by atoms with Crippen molar-refractivity contribution in [1.29, 1.82) is 0 Å². The summed E-state index contributed by atoms with van der Waals surface area (Å²) >= 11 is 5.45. The minimum absolute atomic E-state index is 0.306. The number of pyridine rings is 1. The van der Waals surface area contributed by atoms with Gasteiger partial charge in [0.2, 0.25) is 0 Å². The number of anilines is 1. The smallest absolute Gasteiger partial charge is 0.123 e. The number of halogens is 1. The van der Waals surface area contributed by atoms with Crippen LogP contribution in [0.15, 0.2) is 18.3 Å². The van der Waals surface area contributed by atoms with Gasteiger partial charge >= 0.3 is 0 Å². The molecule has 0 fully saturated rings. The van der Waals surface area contributed by atoms with Crippen LogP contribution in [0.3, 0.4) is 0 Å². The molecule has 78 valence electrons. The normalized spacial score (nSPS) is 15.1. The molecule has 0 spiro atoms. The highest BCUT2D eigenvalue weighted by Crippen LogP contribution is 2.18. The van der Waals surface area contributed by atoms with Gasteiger partial charge in [0.25, 0.3) is 0 Å². The SMILES string of the molecule is Nc1ccc(C(O)C(O)CCCl)cn1. The molecule has 4 nitrogen and oxygen atoms in total. The standard InChI is InChI=1S/C9H13ClN2O2/c10-4-3-7(13)9(14)6-1-2-8(11)12-5-6/h1-2,5,7,9,13-14H,3-4H2,(H2,11,12). The Labute approximate surface area is 87.3 Å². The zero-order chi connectivity index (χ0) is 10.6. The van der Waals surface area contributed by atoms with Crippen molar-refractivity contribution in [2.75, 3.05) is 11.6 Å². The maximum atomic E-state index is 9.62. The van der Waals surface area contributed by atoms with Crippen LogP contribution >= 0.6 is 11.6 Å². The van der Waals surface area contributed by atoms with Crippen LogP contribution in [0.25, 0.3) is 0 Å². The van der Waals surface area contributed by atoms with Gasteiger partial charge in [-0.15, -0.1) is 11.6 Å². The molecule has 0 aliphatic heterocycles. The Balaban J connectivity index is 2.68. The highest BCUT2D eigenvalue weighted by Gasteiger charge is 2.17. The number of hydrogen-bond acceptors (Lipinski definition) is 4. The number of aromatic nitrogens is 1. The molecule has 5 heteroatoms. The van der Waals surface area contributed by atoms with E-state index in [9.17, 15) is 10.2 Å². The molecule has 0 aliphatic carbocycles. The highest BCUT2D eigenvalue weighted by atomic mass is 35.5. The van der Waals surface area contributed by atoms with Crippen LogP contribution in [-0.2, 0) is 0 Å². The Bertz CT molecular complexity index is 279. The molecule has 2 atom stereocenters. The van der Waals surface area contributed by atoms with Crippen molar-refractivity contribution in [3.8, 4) is 0 Å². The summed E-state index contributed by atoms with van der Waals surface area (Å²) in [4.78, 5) is 3.82. The van der Waals surface area contributed by atoms with E-state index in [2.05, 4.69) is 4.98 Å². The number of aliphatic hydroxyl groups excluding tert-OH is 2. The van der Waals surface area contributed by atoms with Crippen LogP contribution in [0.2, 0.25) is 0 Å². The van der Waals surface area contributed by atoms with Crippen molar-refractivity contribution in [2.45, 2.75) is 18.6 Å². The van der Waals surface area contributed by atoms with E-state index in [-0.39, 0.29) is 0 Å². The Morgan fingerprint density at radius 2 is 2.14 bits per heavy atom. The minimum Gasteiger partial charge on any atom is -0.390 e. The molecule has 0 bridgehead atoms. The van der Waals surface area contributed by atoms with E-state index in [1.54, 1.807) is 12.1 Å². The largest absolute Gasteiger partial charge is 0.390 e. The van der Waals surface area contributed by atoms with Gasteiger partial charge in [-0.3, -0.25) is 0 Å². The molecular formula is C9H13ClN2O2. The summed E-state index contributed by atoms with van der Waals surface area (Å²) in [6.45, 7) is 0. The van der Waals surface area contributed by atoms with Crippen molar-refractivity contribution in [2.24, 2.45) is 0 Å². The second-order valence-corrected chi connectivity index (χ2v) is 3.38. The van der Waals surface area contributed by atoms with Crippen molar-refractivity contribution in [3.63, 3.8) is 0 Å². The lowest BCUT2D eigenvalue weighted by atomic mass is 10.0. The molecule has 0 saturated heterocycles. The molecule has 0 aliphatic rings. The van der Waals surface area contributed by atoms with Crippen molar-refractivity contribution < 1.29 is 10.2 Å². The van der Waals surface area contributed by atoms with Gasteiger partial charge in [0, 0.05) is 17.6 Å². The molecule has 2 unspecified atom stereocenters. The van der Waals surface area contributed by atoms with Crippen LogP contribution < -0.4 is 5.73 Å². The number of nitrogen functional groups attached to an aromatic ring is 1. The average Bonchev–Trinajstić information content (AvgIpc) is 2.18. The van der Waals surface area contributed by atoms with E-state index >= 15 is 0 Å². The highest BCUT2D eigenvalue weighted by molar-refractivity contribution is 6.17. The summed E-state index contributed by atoms with van der Waals surface area (Å²) in [6, 6.07) is 3.20. The molecule has 0 amide bonds.